The Bertz CT molecular complexity index is 647. The van der Waals surface area contributed by atoms with Gasteiger partial charge in [0.1, 0.15) is 11.6 Å². The monoisotopic (exact) mass is 376 g/mol. The van der Waals surface area contributed by atoms with Gasteiger partial charge in [-0.3, -0.25) is 4.90 Å². The van der Waals surface area contributed by atoms with Crippen molar-refractivity contribution in [3.05, 3.63) is 50.9 Å². The SMILES string of the molecule is COc1ccc(F)cc1[C@@H](c1ccc(Cl)s1)N1CCNCC1.Cl. The van der Waals surface area contributed by atoms with E-state index in [9.17, 15) is 4.39 Å². The van der Waals surface area contributed by atoms with Crippen LogP contribution in [0.4, 0.5) is 4.39 Å². The molecule has 0 aliphatic carbocycles. The van der Waals surface area contributed by atoms with Gasteiger partial charge in [0.25, 0.3) is 0 Å². The summed E-state index contributed by atoms with van der Waals surface area (Å²) in [5.74, 6) is 0.452. The topological polar surface area (TPSA) is 24.5 Å². The molecule has 3 rings (SSSR count). The molecule has 0 unspecified atom stereocenters. The molecular weight excluding hydrogens is 358 g/mol. The first kappa shape index (κ1) is 18.5. The maximum absolute atomic E-state index is 13.8. The molecule has 2 aromatic rings. The Kier molecular flexibility index (Phi) is 6.68. The number of hydrogen-bond acceptors (Lipinski definition) is 4. The first-order valence-electron chi connectivity index (χ1n) is 7.22. The molecule has 1 aromatic carbocycles. The molecule has 1 fully saturated rings. The predicted octanol–water partition coefficient (Wildman–Crippen LogP) is 3.97. The van der Waals surface area contributed by atoms with Gasteiger partial charge in [0.15, 0.2) is 0 Å². The molecule has 1 aliphatic rings. The largest absolute Gasteiger partial charge is 0.496 e. The quantitative estimate of drug-likeness (QED) is 0.873. The summed E-state index contributed by atoms with van der Waals surface area (Å²) in [4.78, 5) is 3.45. The Balaban J connectivity index is 0.00000192. The minimum Gasteiger partial charge on any atom is -0.496 e. The molecule has 0 radical (unpaired) electrons. The highest BCUT2D eigenvalue weighted by Crippen LogP contribution is 2.39. The van der Waals surface area contributed by atoms with Crippen molar-refractivity contribution in [1.29, 1.82) is 0 Å². The fourth-order valence-electron chi connectivity index (χ4n) is 2.86. The van der Waals surface area contributed by atoms with Gasteiger partial charge in [-0.1, -0.05) is 11.6 Å². The second kappa shape index (κ2) is 8.31. The van der Waals surface area contributed by atoms with Crippen LogP contribution < -0.4 is 10.1 Å². The number of nitrogens with one attached hydrogen (secondary N) is 1. The van der Waals surface area contributed by atoms with Crippen molar-refractivity contribution in [3.8, 4) is 5.75 Å². The second-order valence-electron chi connectivity index (χ2n) is 5.22. The van der Waals surface area contributed by atoms with E-state index >= 15 is 0 Å². The number of hydrogen-bond donors (Lipinski definition) is 1. The molecule has 1 N–H and O–H groups in total. The van der Waals surface area contributed by atoms with Crippen LogP contribution in [0.5, 0.6) is 5.75 Å². The van der Waals surface area contributed by atoms with Crippen LogP contribution >= 0.6 is 35.3 Å². The average Bonchev–Trinajstić information content (AvgIpc) is 2.95. The number of benzene rings is 1. The molecule has 1 atom stereocenters. The van der Waals surface area contributed by atoms with E-state index in [1.54, 1.807) is 19.2 Å². The normalized spacial score (nSPS) is 16.7. The number of halogens is 3. The van der Waals surface area contributed by atoms with Crippen LogP contribution in [-0.4, -0.2) is 38.2 Å². The molecule has 0 saturated carbocycles. The van der Waals surface area contributed by atoms with E-state index < -0.39 is 0 Å². The average molecular weight is 377 g/mol. The van der Waals surface area contributed by atoms with E-state index in [2.05, 4.69) is 10.2 Å². The highest BCUT2D eigenvalue weighted by Gasteiger charge is 2.28. The zero-order chi connectivity index (χ0) is 15.5. The van der Waals surface area contributed by atoms with E-state index in [1.165, 1.54) is 17.4 Å². The third-order valence-corrected chi connectivity index (χ3v) is 5.15. The third-order valence-electron chi connectivity index (χ3n) is 3.87. The van der Waals surface area contributed by atoms with Crippen LogP contribution in [0.15, 0.2) is 30.3 Å². The van der Waals surface area contributed by atoms with Crippen LogP contribution in [0.2, 0.25) is 4.34 Å². The van der Waals surface area contributed by atoms with E-state index in [0.29, 0.717) is 5.75 Å². The van der Waals surface area contributed by atoms with Gasteiger partial charge in [0.05, 0.1) is 17.5 Å². The van der Waals surface area contributed by atoms with Crippen molar-refractivity contribution in [2.24, 2.45) is 0 Å². The lowest BCUT2D eigenvalue weighted by Crippen LogP contribution is -2.45. The van der Waals surface area contributed by atoms with Crippen molar-refractivity contribution in [3.63, 3.8) is 0 Å². The minimum absolute atomic E-state index is 0. The Hall–Kier alpha value is -0.850. The van der Waals surface area contributed by atoms with Crippen LogP contribution in [0, 0.1) is 5.82 Å². The molecule has 1 aromatic heterocycles. The summed E-state index contributed by atoms with van der Waals surface area (Å²) in [5, 5.41) is 3.35. The molecule has 0 amide bonds. The molecular formula is C16H19Cl2FN2OS. The van der Waals surface area contributed by atoms with E-state index in [4.69, 9.17) is 16.3 Å². The summed E-state index contributed by atoms with van der Waals surface area (Å²) in [7, 11) is 1.62. The van der Waals surface area contributed by atoms with E-state index in [1.807, 2.05) is 12.1 Å². The first-order chi connectivity index (χ1) is 10.7. The van der Waals surface area contributed by atoms with Crippen molar-refractivity contribution in [1.82, 2.24) is 10.2 Å². The van der Waals surface area contributed by atoms with Gasteiger partial charge < -0.3 is 10.1 Å². The number of nitrogens with zero attached hydrogens (tertiary/aromatic N) is 1. The Morgan fingerprint density at radius 2 is 2.00 bits per heavy atom. The number of piperazine rings is 1. The summed E-state index contributed by atoms with van der Waals surface area (Å²) in [5.41, 5.74) is 0.850. The highest BCUT2D eigenvalue weighted by atomic mass is 35.5. The maximum Gasteiger partial charge on any atom is 0.124 e. The fraction of sp³-hybridized carbons (Fsp3) is 0.375. The Morgan fingerprint density at radius 1 is 1.26 bits per heavy atom. The summed E-state index contributed by atoms with van der Waals surface area (Å²) in [6.45, 7) is 3.65. The molecule has 1 aliphatic heterocycles. The smallest absolute Gasteiger partial charge is 0.124 e. The molecule has 1 saturated heterocycles. The summed E-state index contributed by atoms with van der Waals surface area (Å²) in [6.07, 6.45) is 0. The lowest BCUT2D eigenvalue weighted by atomic mass is 10.0. The van der Waals surface area contributed by atoms with Gasteiger partial charge >= 0.3 is 0 Å². The maximum atomic E-state index is 13.8. The van der Waals surface area contributed by atoms with Gasteiger partial charge in [-0.25, -0.2) is 4.39 Å². The number of methoxy groups -OCH3 is 1. The van der Waals surface area contributed by atoms with Gasteiger partial charge in [-0.05, 0) is 30.3 Å². The zero-order valence-electron chi connectivity index (χ0n) is 12.7. The van der Waals surface area contributed by atoms with Crippen molar-refractivity contribution in [2.75, 3.05) is 33.3 Å². The van der Waals surface area contributed by atoms with Crippen LogP contribution in [-0.2, 0) is 0 Å². The molecule has 0 bridgehead atoms. The minimum atomic E-state index is -0.251. The summed E-state index contributed by atoms with van der Waals surface area (Å²) < 4.78 is 20.0. The van der Waals surface area contributed by atoms with Gasteiger partial charge in [-0.2, -0.15) is 0 Å². The number of ether oxygens (including phenoxy) is 1. The standard InChI is InChI=1S/C16H18ClFN2OS.ClH/c1-21-13-3-2-11(18)10-12(13)16(14-4-5-15(17)22-14)20-8-6-19-7-9-20;/h2-5,10,16,19H,6-9H2,1H3;1H/t16-;/m0./s1. The van der Waals surface area contributed by atoms with Gasteiger partial charge in [0, 0.05) is 36.6 Å². The lowest BCUT2D eigenvalue weighted by Gasteiger charge is -2.35. The van der Waals surface area contributed by atoms with Gasteiger partial charge in [0.2, 0.25) is 0 Å². The van der Waals surface area contributed by atoms with E-state index in [-0.39, 0.29) is 24.3 Å². The molecule has 7 heteroatoms. The highest BCUT2D eigenvalue weighted by molar-refractivity contribution is 7.16. The number of rotatable bonds is 4. The van der Waals surface area contributed by atoms with Crippen LogP contribution in [0.25, 0.3) is 0 Å². The molecule has 23 heavy (non-hydrogen) atoms. The number of thiophene rings is 1. The van der Waals surface area contributed by atoms with Crippen LogP contribution in [0.3, 0.4) is 0 Å². The Labute approximate surface area is 150 Å². The van der Waals surface area contributed by atoms with Crippen molar-refractivity contribution < 1.29 is 9.13 Å². The van der Waals surface area contributed by atoms with Gasteiger partial charge in [-0.15, -0.1) is 23.7 Å². The zero-order valence-corrected chi connectivity index (χ0v) is 15.1. The molecule has 0 spiro atoms. The van der Waals surface area contributed by atoms with Crippen molar-refractivity contribution >= 4 is 35.3 Å². The predicted molar refractivity (Wildman–Crippen MR) is 95.8 cm³/mol. The molecule has 2 heterocycles. The molecule has 3 nitrogen and oxygen atoms in total. The lowest BCUT2D eigenvalue weighted by molar-refractivity contribution is 0.197. The first-order valence-corrected chi connectivity index (χ1v) is 8.42. The fourth-order valence-corrected chi connectivity index (χ4v) is 4.08. The Morgan fingerprint density at radius 3 is 2.61 bits per heavy atom. The van der Waals surface area contributed by atoms with Crippen molar-refractivity contribution in [2.45, 2.75) is 6.04 Å². The second-order valence-corrected chi connectivity index (χ2v) is 6.96. The van der Waals surface area contributed by atoms with Crippen LogP contribution in [0.1, 0.15) is 16.5 Å². The third kappa shape index (κ3) is 4.17. The summed E-state index contributed by atoms with van der Waals surface area (Å²) in [6, 6.07) is 8.56. The summed E-state index contributed by atoms with van der Waals surface area (Å²) >= 11 is 7.65. The van der Waals surface area contributed by atoms with E-state index in [0.717, 1.165) is 41.0 Å². The molecule has 126 valence electrons.